The molecule has 2 aromatic heterocycles. The van der Waals surface area contributed by atoms with Crippen LogP contribution in [-0.2, 0) is 36.7 Å². The number of ketones is 1. The Morgan fingerprint density at radius 3 is 2.00 bits per heavy atom. The molecule has 0 spiro atoms. The summed E-state index contributed by atoms with van der Waals surface area (Å²) in [5.41, 5.74) is 1.96. The molecule has 1 N–H and O–H groups in total. The monoisotopic (exact) mass is 923 g/mol. The molecule has 0 aliphatic carbocycles. The zero-order valence-electron chi connectivity index (χ0n) is 32.6. The normalized spacial score (nSPS) is 12.8. The Morgan fingerprint density at radius 2 is 1.42 bits per heavy atom. The Hall–Kier alpha value is -3.06. The molecule has 3 nitrogen and oxygen atoms in total. The molecule has 53 heavy (non-hydrogen) atoms. The summed E-state index contributed by atoms with van der Waals surface area (Å²) < 4.78 is 43.0. The number of hydrogen-bond acceptors (Lipinski definition) is 4. The molecule has 0 aliphatic rings. The molecule has 3 aromatic carbocycles. The topological polar surface area (TPSA) is 50.2 Å². The number of carbonyl (C=O) groups excluding carboxylic acids is 1. The minimum atomic E-state index is -4.28. The van der Waals surface area contributed by atoms with Gasteiger partial charge in [0.2, 0.25) is 0 Å². The Bertz CT molecular complexity index is 2020. The van der Waals surface area contributed by atoms with Crippen molar-refractivity contribution in [3.63, 3.8) is 0 Å². The van der Waals surface area contributed by atoms with Gasteiger partial charge in [-0.2, -0.15) is 13.2 Å². The summed E-state index contributed by atoms with van der Waals surface area (Å²) in [4.78, 5) is 16.5. The number of allylic oxidation sites excluding steroid dienone is 2. The minimum Gasteiger partial charge on any atom is -0.512 e. The van der Waals surface area contributed by atoms with E-state index in [-0.39, 0.29) is 55.3 Å². The van der Waals surface area contributed by atoms with Gasteiger partial charge in [0.15, 0.2) is 5.78 Å². The summed E-state index contributed by atoms with van der Waals surface area (Å²) >= 11 is 1.54. The first-order valence-electron chi connectivity index (χ1n) is 18.9. The predicted octanol–water partition coefficient (Wildman–Crippen LogP) is 14.1. The number of aromatic nitrogens is 1. The van der Waals surface area contributed by atoms with E-state index >= 15 is 0 Å². The van der Waals surface area contributed by atoms with E-state index in [1.54, 1.807) is 17.5 Å². The number of pyridine rings is 1. The van der Waals surface area contributed by atoms with Gasteiger partial charge >= 0.3 is 6.18 Å². The molecule has 0 saturated carbocycles. The number of thiophene rings is 1. The van der Waals surface area contributed by atoms with E-state index in [4.69, 9.17) is 4.98 Å². The molecule has 0 amide bonds. The van der Waals surface area contributed by atoms with Crippen molar-refractivity contribution in [2.24, 2.45) is 17.3 Å². The van der Waals surface area contributed by atoms with Gasteiger partial charge in [-0.1, -0.05) is 110 Å². The second-order valence-corrected chi connectivity index (χ2v) is 15.9. The minimum absolute atomic E-state index is 0. The molecule has 0 unspecified atom stereocenters. The van der Waals surface area contributed by atoms with Gasteiger partial charge in [-0.15, -0.1) is 40.5 Å². The van der Waals surface area contributed by atoms with Crippen molar-refractivity contribution >= 4 is 48.1 Å². The average Bonchev–Trinajstić information content (AvgIpc) is 3.51. The van der Waals surface area contributed by atoms with Crippen LogP contribution in [0.4, 0.5) is 13.2 Å². The Morgan fingerprint density at radius 1 is 0.830 bits per heavy atom. The number of hydrogen-bond donors (Lipinski definition) is 1. The van der Waals surface area contributed by atoms with Gasteiger partial charge < -0.3 is 5.11 Å². The van der Waals surface area contributed by atoms with Crippen LogP contribution in [0.15, 0.2) is 72.6 Å². The summed E-state index contributed by atoms with van der Waals surface area (Å²) in [5, 5.41) is 14.0. The number of alkyl halides is 3. The smallest absolute Gasteiger partial charge is 0.394 e. The largest absolute Gasteiger partial charge is 0.512 e. The molecular weight excluding hydrogens is 868 g/mol. The molecule has 8 heteroatoms. The van der Waals surface area contributed by atoms with Crippen molar-refractivity contribution in [3.05, 3.63) is 89.8 Å². The fourth-order valence-electron chi connectivity index (χ4n) is 6.96. The van der Waals surface area contributed by atoms with Crippen molar-refractivity contribution in [2.75, 3.05) is 0 Å². The fourth-order valence-corrected chi connectivity index (χ4v) is 8.27. The maximum absolute atomic E-state index is 13.7. The van der Waals surface area contributed by atoms with E-state index in [2.05, 4.69) is 51.1 Å². The zero-order chi connectivity index (χ0) is 38.4. The maximum Gasteiger partial charge on any atom is 0.394 e. The fraction of sp³-hybridized carbons (Fsp3) is 0.467. The van der Waals surface area contributed by atoms with Gasteiger partial charge in [-0.05, 0) is 67.4 Å². The number of halogens is 3. The molecule has 5 aromatic rings. The molecule has 0 saturated heterocycles. The van der Waals surface area contributed by atoms with Crippen molar-refractivity contribution in [2.45, 2.75) is 119 Å². The van der Waals surface area contributed by atoms with Crippen LogP contribution in [0.1, 0.15) is 112 Å². The Kier molecular flexibility index (Phi) is 15.5. The van der Waals surface area contributed by atoms with Gasteiger partial charge in [-0.25, -0.2) is 0 Å². The standard InChI is InChI=1S/C32H31F3NS.C13H24O2.Ir/c1-6-31(5,7-2)26-18-22(17-20-11-8-9-13-23(20)26)27-29-25(15-16-36-27)24-14-10-12-21(28(24)37-29)19-30(3,4)32(33,34)35;1-5-10(6-2)12(14)9-13(15)11(7-3)8-4;/h8-16,18H,6-7,19H2,1-5H3;9-11,14H,5-8H2,1-4H3;/q-1;;/b;12-9-;. The number of benzene rings is 3. The first-order valence-corrected chi connectivity index (χ1v) is 19.7. The van der Waals surface area contributed by atoms with Crippen molar-refractivity contribution in [1.82, 2.24) is 4.98 Å². The van der Waals surface area contributed by atoms with Gasteiger partial charge in [0.1, 0.15) is 0 Å². The van der Waals surface area contributed by atoms with Crippen LogP contribution in [-0.4, -0.2) is 22.1 Å². The van der Waals surface area contributed by atoms with E-state index in [9.17, 15) is 23.1 Å². The van der Waals surface area contributed by atoms with Crippen LogP contribution in [0, 0.1) is 23.3 Å². The van der Waals surface area contributed by atoms with Gasteiger partial charge in [0, 0.05) is 64.7 Å². The summed E-state index contributed by atoms with van der Waals surface area (Å²) in [6, 6.07) is 21.9. The zero-order valence-corrected chi connectivity index (χ0v) is 35.8. The molecule has 1 radical (unpaired) electrons. The first-order chi connectivity index (χ1) is 24.6. The van der Waals surface area contributed by atoms with Gasteiger partial charge in [0.05, 0.1) is 11.2 Å². The quantitative estimate of drug-likeness (QED) is 0.0727. The summed E-state index contributed by atoms with van der Waals surface area (Å²) in [6.45, 7) is 17.4. The molecule has 0 aliphatic heterocycles. The van der Waals surface area contributed by atoms with E-state index in [0.29, 0.717) is 0 Å². The second kappa shape index (κ2) is 18.5. The number of rotatable bonds is 13. The molecule has 0 fully saturated rings. The van der Waals surface area contributed by atoms with E-state index in [0.717, 1.165) is 80.9 Å². The number of aliphatic hydroxyl groups is 1. The summed E-state index contributed by atoms with van der Waals surface area (Å²) in [7, 11) is 0. The van der Waals surface area contributed by atoms with Crippen molar-refractivity contribution < 1.29 is 43.2 Å². The van der Waals surface area contributed by atoms with Crippen LogP contribution in [0.25, 0.3) is 42.2 Å². The predicted molar refractivity (Wildman–Crippen MR) is 214 cm³/mol. The van der Waals surface area contributed by atoms with Crippen molar-refractivity contribution in [1.29, 1.82) is 0 Å². The van der Waals surface area contributed by atoms with Crippen molar-refractivity contribution in [3.8, 4) is 11.3 Å². The Balaban J connectivity index is 0.000000403. The third-order valence-corrected chi connectivity index (χ3v) is 12.5. The van der Waals surface area contributed by atoms with E-state index in [1.165, 1.54) is 30.9 Å². The summed E-state index contributed by atoms with van der Waals surface area (Å²) in [5.74, 6) is 0.547. The van der Waals surface area contributed by atoms with Crippen LogP contribution in [0.5, 0.6) is 0 Å². The molecular formula is C45H55F3IrNO2S-. The number of carbonyl (C=O) groups is 1. The van der Waals surface area contributed by atoms with Crippen LogP contribution in [0.2, 0.25) is 0 Å². The van der Waals surface area contributed by atoms with Crippen LogP contribution < -0.4 is 0 Å². The maximum atomic E-state index is 13.7. The third kappa shape index (κ3) is 9.61. The molecule has 2 heterocycles. The molecule has 5 rings (SSSR count). The van der Waals surface area contributed by atoms with E-state index < -0.39 is 11.6 Å². The third-order valence-electron chi connectivity index (χ3n) is 11.2. The van der Waals surface area contributed by atoms with Gasteiger partial charge in [0.25, 0.3) is 0 Å². The second-order valence-electron chi connectivity index (χ2n) is 14.9. The Labute approximate surface area is 331 Å². The average molecular weight is 923 g/mol. The van der Waals surface area contributed by atoms with Crippen LogP contribution in [0.3, 0.4) is 0 Å². The SMILES string of the molecule is CCC(C)(CC)c1cc(-c2nccc3c2sc2c(CC(C)(C)C(F)(F)F)cccc23)[c-]c2ccccc12.CCC(CC)C(=O)/C=C(\O)C(CC)CC.[Ir]. The summed E-state index contributed by atoms with van der Waals surface area (Å²) in [6.07, 6.45) is 4.38. The first kappa shape index (κ1) is 44.3. The number of nitrogens with zero attached hydrogens (tertiary/aromatic N) is 1. The molecule has 0 bridgehead atoms. The molecule has 0 atom stereocenters. The number of aliphatic hydroxyl groups excluding tert-OH is 1. The molecule has 289 valence electrons. The van der Waals surface area contributed by atoms with Gasteiger partial charge in [-0.3, -0.25) is 9.78 Å². The number of fused-ring (bicyclic) bond motifs is 4. The van der Waals surface area contributed by atoms with Crippen LogP contribution >= 0.6 is 11.3 Å². The van der Waals surface area contributed by atoms with E-state index in [1.807, 2.05) is 58.0 Å².